The second-order valence-corrected chi connectivity index (χ2v) is 2.08. The molecule has 0 bridgehead atoms. The van der Waals surface area contributed by atoms with Crippen molar-refractivity contribution in [3.05, 3.63) is 30.3 Å². The van der Waals surface area contributed by atoms with Crippen LogP contribution >= 0.6 is 49.6 Å². The molecule has 0 aliphatic rings. The van der Waals surface area contributed by atoms with Gasteiger partial charge in [-0.3, -0.25) is 0 Å². The second-order valence-electron chi connectivity index (χ2n) is 1.43. The number of hydrogen-bond acceptors (Lipinski definition) is 1. The standard InChI is InChI=1S/C6H5N.4ClH.W/c7-6-4-2-1-3-5-6;;;;;/h1-5H;4*1H;. The van der Waals surface area contributed by atoms with Crippen molar-refractivity contribution in [1.82, 2.24) is 0 Å². The van der Waals surface area contributed by atoms with Gasteiger partial charge in [-0.05, 0) is 0 Å². The van der Waals surface area contributed by atoms with Gasteiger partial charge in [-0.1, -0.05) is 0 Å². The molecule has 0 aromatic heterocycles. The van der Waals surface area contributed by atoms with Gasteiger partial charge < -0.3 is 0 Å². The summed E-state index contributed by atoms with van der Waals surface area (Å²) in [6, 6.07) is 9.95. The van der Waals surface area contributed by atoms with Gasteiger partial charge in [0.05, 0.1) is 0 Å². The molecule has 12 heavy (non-hydrogen) atoms. The van der Waals surface area contributed by atoms with E-state index in [1.54, 1.807) is 0 Å². The Bertz CT molecular complexity index is 182. The molecule has 0 amide bonds. The molecule has 0 saturated carbocycles. The van der Waals surface area contributed by atoms with Crippen LogP contribution in [0.2, 0.25) is 0 Å². The van der Waals surface area contributed by atoms with Gasteiger partial charge in [0, 0.05) is 0 Å². The maximum absolute atomic E-state index is 4.05. The summed E-state index contributed by atoms with van der Waals surface area (Å²) in [7, 11) is 0. The fourth-order valence-electron chi connectivity index (χ4n) is 0.489. The van der Waals surface area contributed by atoms with E-state index in [4.69, 9.17) is 0 Å². The molecule has 0 aliphatic carbocycles. The van der Waals surface area contributed by atoms with E-state index < -0.39 is 0 Å². The molecule has 1 nitrogen and oxygen atoms in total. The summed E-state index contributed by atoms with van der Waals surface area (Å²) in [4.78, 5) is 0. The van der Waals surface area contributed by atoms with Crippen LogP contribution in [0.4, 0.5) is 5.69 Å². The van der Waals surface area contributed by atoms with E-state index >= 15 is 0 Å². The summed E-state index contributed by atoms with van der Waals surface area (Å²) in [6.45, 7) is 0. The summed E-state index contributed by atoms with van der Waals surface area (Å²) in [5.74, 6) is 0. The van der Waals surface area contributed by atoms with E-state index in [-0.39, 0.29) is 49.6 Å². The van der Waals surface area contributed by atoms with Crippen molar-refractivity contribution in [2.24, 2.45) is 3.50 Å². The average Bonchev–Trinajstić information content (AvgIpc) is 1.90. The van der Waals surface area contributed by atoms with Gasteiger partial charge in [0.25, 0.3) is 0 Å². The van der Waals surface area contributed by atoms with Crippen molar-refractivity contribution in [3.63, 3.8) is 0 Å². The van der Waals surface area contributed by atoms with Gasteiger partial charge in [0.15, 0.2) is 0 Å². The normalized spacial score (nSPS) is 5.67. The minimum atomic E-state index is 0. The summed E-state index contributed by atoms with van der Waals surface area (Å²) >= 11 is 1.26. The van der Waals surface area contributed by atoms with Crippen molar-refractivity contribution in [2.45, 2.75) is 0 Å². The number of nitrogens with zero attached hydrogens (tertiary/aromatic N) is 1. The monoisotopic (exact) mass is 419 g/mol. The van der Waals surface area contributed by atoms with Gasteiger partial charge in [0.1, 0.15) is 0 Å². The second kappa shape index (κ2) is 14.4. The molecule has 0 unspecified atom stereocenters. The number of halogens is 4. The molecular weight excluding hydrogens is 412 g/mol. The topological polar surface area (TPSA) is 12.4 Å². The molecule has 1 aromatic rings. The number of rotatable bonds is 1. The van der Waals surface area contributed by atoms with Gasteiger partial charge in [-0.15, -0.1) is 49.6 Å². The Morgan fingerprint density at radius 1 is 0.833 bits per heavy atom. The SMILES string of the molecule is Cl.Cl.Cl.Cl.[W]=[N]c1ccccc1. The van der Waals surface area contributed by atoms with Crippen molar-refractivity contribution in [3.8, 4) is 0 Å². The Morgan fingerprint density at radius 2 is 1.25 bits per heavy atom. The molecule has 0 spiro atoms. The first-order valence-electron chi connectivity index (χ1n) is 2.32. The Hall–Kier alpha value is 0.868. The predicted molar refractivity (Wildman–Crippen MR) is 57.5 cm³/mol. The minimum absolute atomic E-state index is 0. The molecule has 1 aromatic carbocycles. The maximum atomic E-state index is 4.05. The van der Waals surface area contributed by atoms with E-state index in [1.165, 1.54) is 19.6 Å². The zero-order valence-electron chi connectivity index (χ0n) is 5.88. The molecule has 0 saturated heterocycles. The Labute approximate surface area is 108 Å². The molecule has 6 heteroatoms. The Morgan fingerprint density at radius 3 is 1.50 bits per heavy atom. The van der Waals surface area contributed by atoms with Crippen LogP contribution in [0.5, 0.6) is 0 Å². The quantitative estimate of drug-likeness (QED) is 0.656. The summed E-state index contributed by atoms with van der Waals surface area (Å²) in [6.07, 6.45) is 0. The molecule has 0 aliphatic heterocycles. The third kappa shape index (κ3) is 8.96. The zero-order valence-corrected chi connectivity index (χ0v) is 12.1. The molecule has 0 atom stereocenters. The van der Waals surface area contributed by atoms with Crippen molar-refractivity contribution in [2.75, 3.05) is 0 Å². The van der Waals surface area contributed by atoms with E-state index in [2.05, 4.69) is 3.50 Å². The summed E-state index contributed by atoms with van der Waals surface area (Å²) in [5.41, 5.74) is 1.07. The van der Waals surface area contributed by atoms with E-state index in [0.29, 0.717) is 0 Å². The third-order valence-corrected chi connectivity index (χ3v) is 1.62. The molecule has 72 valence electrons. The van der Waals surface area contributed by atoms with Crippen LogP contribution in [0.3, 0.4) is 0 Å². The molecule has 1 rings (SSSR count). The molecular formula is C6H9Cl4NW. The van der Waals surface area contributed by atoms with E-state index in [0.717, 1.165) is 5.69 Å². The van der Waals surface area contributed by atoms with Gasteiger partial charge in [-0.25, -0.2) is 0 Å². The van der Waals surface area contributed by atoms with Crippen LogP contribution in [0.15, 0.2) is 33.8 Å². The van der Waals surface area contributed by atoms with Gasteiger partial charge in [0.2, 0.25) is 0 Å². The van der Waals surface area contributed by atoms with Crippen molar-refractivity contribution >= 4 is 55.3 Å². The zero-order chi connectivity index (χ0) is 5.82. The van der Waals surface area contributed by atoms with Gasteiger partial charge >= 0.3 is 59.1 Å². The van der Waals surface area contributed by atoms with Crippen LogP contribution in [0.1, 0.15) is 0 Å². The predicted octanol–water partition coefficient (Wildman–Crippen LogP) is 3.74. The van der Waals surface area contributed by atoms with Crippen molar-refractivity contribution in [1.29, 1.82) is 0 Å². The summed E-state index contributed by atoms with van der Waals surface area (Å²) < 4.78 is 4.05. The van der Waals surface area contributed by atoms with Crippen LogP contribution in [0, 0.1) is 0 Å². The van der Waals surface area contributed by atoms with E-state index in [1.807, 2.05) is 30.3 Å². The third-order valence-electron chi connectivity index (χ3n) is 0.862. The summed E-state index contributed by atoms with van der Waals surface area (Å²) in [5, 5.41) is 0. The fourth-order valence-corrected chi connectivity index (χ4v) is 0.926. The van der Waals surface area contributed by atoms with Crippen molar-refractivity contribution < 1.29 is 19.6 Å². The number of benzene rings is 1. The van der Waals surface area contributed by atoms with Crippen LogP contribution in [-0.2, 0) is 19.6 Å². The number of hydrogen-bond donors (Lipinski definition) is 0. The molecule has 0 N–H and O–H groups in total. The first-order valence-corrected chi connectivity index (χ1v) is 3.63. The Kier molecular flexibility index (Phi) is 27.6. The average molecular weight is 421 g/mol. The fraction of sp³-hybridized carbons (Fsp3) is 0. The van der Waals surface area contributed by atoms with Gasteiger partial charge in [-0.2, -0.15) is 0 Å². The molecule has 0 fully saturated rings. The van der Waals surface area contributed by atoms with E-state index in [9.17, 15) is 0 Å². The van der Waals surface area contributed by atoms with Crippen LogP contribution in [-0.4, -0.2) is 0 Å². The molecule has 0 radical (unpaired) electrons. The molecule has 0 heterocycles. The Balaban J connectivity index is -0.0000000800. The van der Waals surface area contributed by atoms with Crippen LogP contribution < -0.4 is 0 Å². The first kappa shape index (κ1) is 23.0. The van der Waals surface area contributed by atoms with Crippen LogP contribution in [0.25, 0.3) is 0 Å². The first-order chi connectivity index (χ1) is 3.93.